The first-order chi connectivity index (χ1) is 8.61. The molecule has 0 aliphatic carbocycles. The molecule has 1 aromatic rings. The van der Waals surface area contributed by atoms with Gasteiger partial charge in [-0.15, -0.1) is 0 Å². The van der Waals surface area contributed by atoms with Crippen molar-refractivity contribution >= 4 is 12.0 Å². The van der Waals surface area contributed by atoms with Gasteiger partial charge in [0.05, 0.1) is 0 Å². The molecule has 0 heterocycles. The molecule has 0 N–H and O–H groups in total. The molecule has 0 amide bonds. The fourth-order valence-electron chi connectivity index (χ4n) is 1.76. The van der Waals surface area contributed by atoms with E-state index in [0.29, 0.717) is 6.42 Å². The van der Waals surface area contributed by atoms with Gasteiger partial charge in [0.15, 0.2) is 5.78 Å². The molecule has 3 heteroatoms. The number of benzene rings is 1. The van der Waals surface area contributed by atoms with Crippen LogP contribution < -0.4 is 0 Å². The summed E-state index contributed by atoms with van der Waals surface area (Å²) in [6.07, 6.45) is 5.39. The van der Waals surface area contributed by atoms with E-state index in [1.165, 1.54) is 0 Å². The molecule has 0 unspecified atom stereocenters. The van der Waals surface area contributed by atoms with Gasteiger partial charge in [-0.25, -0.2) is 0 Å². The summed E-state index contributed by atoms with van der Waals surface area (Å²) in [5.74, 6) is 0.248. The maximum atomic E-state index is 12.0. The molecule has 98 valence electrons. The lowest BCUT2D eigenvalue weighted by molar-refractivity contribution is 0.0979. The molecule has 0 fully saturated rings. The fraction of sp³-hybridized carbons (Fsp3) is 0.467. The largest absolute Gasteiger partial charge is 0.303 e. The third-order valence-corrected chi connectivity index (χ3v) is 2.75. The molecule has 0 aliphatic rings. The maximum Gasteiger partial charge on any atom is 0.163 e. The van der Waals surface area contributed by atoms with Gasteiger partial charge in [-0.05, 0) is 31.7 Å². The van der Waals surface area contributed by atoms with Crippen LogP contribution in [0.4, 0.5) is 0 Å². The highest BCUT2D eigenvalue weighted by Crippen LogP contribution is 2.12. The van der Waals surface area contributed by atoms with Crippen LogP contribution in [0.3, 0.4) is 0 Å². The molecule has 0 atom stereocenters. The molecule has 0 radical (unpaired) electrons. The number of Topliss-reactive ketones (excluding diaryl/α,β-unsaturated/α-hetero) is 1. The summed E-state index contributed by atoms with van der Waals surface area (Å²) in [5, 5.41) is 5.91. The number of ketones is 1. The number of hydrogen-bond donors (Lipinski definition) is 0. The summed E-state index contributed by atoms with van der Waals surface area (Å²) < 4.78 is 0. The van der Waals surface area contributed by atoms with Crippen molar-refractivity contribution in [3.05, 3.63) is 35.4 Å². The third kappa shape index (κ3) is 5.13. The van der Waals surface area contributed by atoms with E-state index in [2.05, 4.69) is 5.10 Å². The minimum Gasteiger partial charge on any atom is -0.303 e. The number of rotatable bonds is 7. The number of carbonyl (C=O) groups excluding carboxylic acids is 1. The predicted molar refractivity (Wildman–Crippen MR) is 76.2 cm³/mol. The van der Waals surface area contributed by atoms with Crippen molar-refractivity contribution in [2.75, 3.05) is 14.1 Å². The van der Waals surface area contributed by atoms with Crippen molar-refractivity contribution in [1.29, 1.82) is 0 Å². The van der Waals surface area contributed by atoms with Gasteiger partial charge in [0, 0.05) is 32.3 Å². The van der Waals surface area contributed by atoms with Crippen LogP contribution in [-0.4, -0.2) is 31.1 Å². The summed E-state index contributed by atoms with van der Waals surface area (Å²) in [6.45, 7) is 1.98. The van der Waals surface area contributed by atoms with E-state index < -0.39 is 0 Å². The van der Waals surface area contributed by atoms with Gasteiger partial charge in [-0.1, -0.05) is 24.3 Å². The minimum atomic E-state index is 0.248. The summed E-state index contributed by atoms with van der Waals surface area (Å²) in [4.78, 5) is 12.0. The fourth-order valence-corrected chi connectivity index (χ4v) is 1.76. The first-order valence-corrected chi connectivity index (χ1v) is 6.40. The third-order valence-electron chi connectivity index (χ3n) is 2.75. The zero-order valence-electron chi connectivity index (χ0n) is 11.5. The number of aryl methyl sites for hydroxylation is 1. The smallest absolute Gasteiger partial charge is 0.163 e. The van der Waals surface area contributed by atoms with Crippen molar-refractivity contribution in [2.24, 2.45) is 5.10 Å². The van der Waals surface area contributed by atoms with E-state index in [-0.39, 0.29) is 5.78 Å². The molecule has 18 heavy (non-hydrogen) atoms. The Morgan fingerprint density at radius 2 is 2.00 bits per heavy atom. The van der Waals surface area contributed by atoms with E-state index >= 15 is 0 Å². The van der Waals surface area contributed by atoms with Crippen LogP contribution in [0.25, 0.3) is 0 Å². The lowest BCUT2D eigenvalue weighted by Gasteiger charge is -2.04. The van der Waals surface area contributed by atoms with Crippen LogP contribution in [0.2, 0.25) is 0 Å². The molecule has 0 saturated heterocycles. The number of unbranched alkanes of at least 4 members (excludes halogenated alkanes) is 2. The molecular weight excluding hydrogens is 224 g/mol. The molecule has 0 bridgehead atoms. The average Bonchev–Trinajstić information content (AvgIpc) is 2.33. The van der Waals surface area contributed by atoms with Gasteiger partial charge in [0.2, 0.25) is 0 Å². The number of hydrogen-bond acceptors (Lipinski definition) is 3. The molecule has 1 rings (SSSR count). The molecule has 0 aliphatic heterocycles. The van der Waals surface area contributed by atoms with Crippen molar-refractivity contribution in [3.8, 4) is 0 Å². The SMILES string of the molecule is Cc1ccccc1C(=O)CCCC/C=N/N(C)C. The van der Waals surface area contributed by atoms with Crippen molar-refractivity contribution in [1.82, 2.24) is 5.01 Å². The number of carbonyl (C=O) groups is 1. The van der Waals surface area contributed by atoms with Gasteiger partial charge < -0.3 is 5.01 Å². The van der Waals surface area contributed by atoms with Gasteiger partial charge >= 0.3 is 0 Å². The summed E-state index contributed by atoms with van der Waals surface area (Å²) in [6, 6.07) is 7.77. The molecule has 1 aromatic carbocycles. The Hall–Kier alpha value is -1.64. The zero-order chi connectivity index (χ0) is 13.4. The lowest BCUT2D eigenvalue weighted by Crippen LogP contribution is -2.02. The Bertz CT molecular complexity index is 411. The van der Waals surface area contributed by atoms with Crippen LogP contribution in [-0.2, 0) is 0 Å². The minimum absolute atomic E-state index is 0.248. The van der Waals surface area contributed by atoms with Crippen molar-refractivity contribution < 1.29 is 4.79 Å². The van der Waals surface area contributed by atoms with E-state index in [0.717, 1.165) is 30.4 Å². The first-order valence-electron chi connectivity index (χ1n) is 6.40. The van der Waals surface area contributed by atoms with Gasteiger partial charge in [-0.2, -0.15) is 5.10 Å². The van der Waals surface area contributed by atoms with Crippen molar-refractivity contribution in [2.45, 2.75) is 32.6 Å². The van der Waals surface area contributed by atoms with Gasteiger partial charge in [0.1, 0.15) is 0 Å². The molecule has 0 spiro atoms. The predicted octanol–water partition coefficient (Wildman–Crippen LogP) is 3.29. The van der Waals surface area contributed by atoms with Crippen LogP contribution >= 0.6 is 0 Å². The summed E-state index contributed by atoms with van der Waals surface area (Å²) in [7, 11) is 3.80. The first kappa shape index (κ1) is 14.4. The highest BCUT2D eigenvalue weighted by molar-refractivity contribution is 5.97. The zero-order valence-corrected chi connectivity index (χ0v) is 11.5. The van der Waals surface area contributed by atoms with E-state index in [1.54, 1.807) is 5.01 Å². The normalized spacial score (nSPS) is 10.8. The lowest BCUT2D eigenvalue weighted by atomic mass is 10.0. The van der Waals surface area contributed by atoms with E-state index in [1.807, 2.05) is 51.5 Å². The number of nitrogens with zero attached hydrogens (tertiary/aromatic N) is 2. The second kappa shape index (κ2) is 7.64. The van der Waals surface area contributed by atoms with Crippen LogP contribution in [0.5, 0.6) is 0 Å². The van der Waals surface area contributed by atoms with Crippen LogP contribution in [0.15, 0.2) is 29.4 Å². The molecule has 3 nitrogen and oxygen atoms in total. The van der Waals surface area contributed by atoms with Gasteiger partial charge in [-0.3, -0.25) is 4.79 Å². The number of hydrazone groups is 1. The van der Waals surface area contributed by atoms with Crippen LogP contribution in [0, 0.1) is 6.92 Å². The average molecular weight is 246 g/mol. The maximum absolute atomic E-state index is 12.0. The molecule has 0 aromatic heterocycles. The highest BCUT2D eigenvalue weighted by Gasteiger charge is 2.07. The monoisotopic (exact) mass is 246 g/mol. The second-order valence-electron chi connectivity index (χ2n) is 4.63. The Balaban J connectivity index is 2.28. The Kier molecular flexibility index (Phi) is 6.12. The molecular formula is C15H22N2O. The van der Waals surface area contributed by atoms with E-state index in [4.69, 9.17) is 0 Å². The molecule has 0 saturated carbocycles. The standard InChI is InChI=1S/C15H22N2O/c1-13-9-6-7-10-14(13)15(18)11-5-4-8-12-16-17(2)3/h6-7,9-10,12H,4-5,8,11H2,1-3H3/b16-12+. The second-order valence-corrected chi connectivity index (χ2v) is 4.63. The summed E-state index contributed by atoms with van der Waals surface area (Å²) in [5.41, 5.74) is 1.93. The highest BCUT2D eigenvalue weighted by atomic mass is 16.1. The summed E-state index contributed by atoms with van der Waals surface area (Å²) >= 11 is 0. The Labute approximate surface area is 110 Å². The van der Waals surface area contributed by atoms with Crippen LogP contribution in [0.1, 0.15) is 41.6 Å². The Morgan fingerprint density at radius 3 is 2.67 bits per heavy atom. The van der Waals surface area contributed by atoms with Crippen molar-refractivity contribution in [3.63, 3.8) is 0 Å². The Morgan fingerprint density at radius 1 is 1.28 bits per heavy atom. The topological polar surface area (TPSA) is 32.7 Å². The van der Waals surface area contributed by atoms with Gasteiger partial charge in [0.25, 0.3) is 0 Å². The quantitative estimate of drug-likeness (QED) is 0.320. The van der Waals surface area contributed by atoms with E-state index in [9.17, 15) is 4.79 Å².